The molecular formula is C13H16FN3O. The molecule has 0 amide bonds. The molecular weight excluding hydrogens is 233 g/mol. The Kier molecular flexibility index (Phi) is 3.32. The maximum Gasteiger partial charge on any atom is 0.258 e. The minimum Gasteiger partial charge on any atom is -0.382 e. The Hall–Kier alpha value is -1.91. The van der Waals surface area contributed by atoms with Gasteiger partial charge in [-0.25, -0.2) is 9.37 Å². The summed E-state index contributed by atoms with van der Waals surface area (Å²) in [7, 11) is 0. The fourth-order valence-electron chi connectivity index (χ4n) is 1.73. The first-order valence-corrected chi connectivity index (χ1v) is 5.91. The molecule has 96 valence electrons. The topological polar surface area (TPSA) is 57.8 Å². The van der Waals surface area contributed by atoms with Crippen molar-refractivity contribution >= 4 is 16.6 Å². The number of nitrogens with zero attached hydrogens (tertiary/aromatic N) is 1. The van der Waals surface area contributed by atoms with E-state index < -0.39 is 0 Å². The number of nitrogens with one attached hydrogen (secondary N) is 2. The molecule has 1 heterocycles. The van der Waals surface area contributed by atoms with Crippen LogP contribution in [0.15, 0.2) is 16.9 Å². The molecule has 0 aliphatic heterocycles. The second-order valence-electron chi connectivity index (χ2n) is 4.78. The van der Waals surface area contributed by atoms with Crippen molar-refractivity contribution < 1.29 is 4.39 Å². The summed E-state index contributed by atoms with van der Waals surface area (Å²) in [4.78, 5) is 18.5. The number of aromatic amines is 1. The molecule has 0 spiro atoms. The van der Waals surface area contributed by atoms with Gasteiger partial charge in [0, 0.05) is 12.6 Å². The summed E-state index contributed by atoms with van der Waals surface area (Å²) in [6.45, 7) is 6.39. The Morgan fingerprint density at radius 2 is 2.17 bits per heavy atom. The van der Waals surface area contributed by atoms with Crippen molar-refractivity contribution in [1.82, 2.24) is 9.97 Å². The van der Waals surface area contributed by atoms with Crippen LogP contribution in [0.5, 0.6) is 0 Å². The van der Waals surface area contributed by atoms with Crippen molar-refractivity contribution in [2.24, 2.45) is 5.92 Å². The van der Waals surface area contributed by atoms with E-state index >= 15 is 0 Å². The minimum atomic E-state index is -0.388. The van der Waals surface area contributed by atoms with E-state index in [9.17, 15) is 9.18 Å². The molecule has 0 atom stereocenters. The zero-order valence-electron chi connectivity index (χ0n) is 10.7. The third-order valence-electron chi connectivity index (χ3n) is 2.61. The molecule has 5 heteroatoms. The number of fused-ring (bicyclic) bond motifs is 1. The molecule has 0 aliphatic rings. The molecule has 0 unspecified atom stereocenters. The third kappa shape index (κ3) is 2.50. The van der Waals surface area contributed by atoms with Gasteiger partial charge in [0.05, 0.1) is 16.6 Å². The molecule has 0 fully saturated rings. The fraction of sp³-hybridized carbons (Fsp3) is 0.385. The Bertz CT molecular complexity index is 634. The van der Waals surface area contributed by atoms with Crippen LogP contribution >= 0.6 is 0 Å². The van der Waals surface area contributed by atoms with E-state index in [0.717, 1.165) is 0 Å². The molecule has 0 saturated carbocycles. The summed E-state index contributed by atoms with van der Waals surface area (Å²) in [6.07, 6.45) is 0. The van der Waals surface area contributed by atoms with Crippen LogP contribution in [0.3, 0.4) is 0 Å². The molecule has 1 aromatic carbocycles. The molecule has 4 nitrogen and oxygen atoms in total. The van der Waals surface area contributed by atoms with E-state index in [0.29, 0.717) is 34.9 Å². The van der Waals surface area contributed by atoms with Crippen LogP contribution in [0.4, 0.5) is 10.1 Å². The summed E-state index contributed by atoms with van der Waals surface area (Å²) >= 11 is 0. The van der Waals surface area contributed by atoms with Gasteiger partial charge < -0.3 is 10.3 Å². The number of H-pyrrole nitrogens is 1. The smallest absolute Gasteiger partial charge is 0.258 e. The van der Waals surface area contributed by atoms with Gasteiger partial charge in [-0.3, -0.25) is 4.79 Å². The molecule has 18 heavy (non-hydrogen) atoms. The molecule has 1 aromatic heterocycles. The highest BCUT2D eigenvalue weighted by atomic mass is 19.1. The van der Waals surface area contributed by atoms with Crippen molar-refractivity contribution in [2.75, 3.05) is 11.9 Å². The first-order valence-electron chi connectivity index (χ1n) is 5.91. The number of halogens is 1. The van der Waals surface area contributed by atoms with Crippen LogP contribution in [0, 0.1) is 18.7 Å². The van der Waals surface area contributed by atoms with Crippen LogP contribution < -0.4 is 10.9 Å². The van der Waals surface area contributed by atoms with Gasteiger partial charge >= 0.3 is 0 Å². The Morgan fingerprint density at radius 3 is 2.83 bits per heavy atom. The van der Waals surface area contributed by atoms with E-state index in [1.807, 2.05) is 13.8 Å². The Morgan fingerprint density at radius 1 is 1.44 bits per heavy atom. The van der Waals surface area contributed by atoms with Gasteiger partial charge in [-0.2, -0.15) is 0 Å². The van der Waals surface area contributed by atoms with E-state index in [1.165, 1.54) is 12.1 Å². The SMILES string of the molecule is Cc1nc2cc(F)c(NCC(C)C)cc2c(=O)[nH]1. The van der Waals surface area contributed by atoms with Crippen molar-refractivity contribution in [2.45, 2.75) is 20.8 Å². The predicted molar refractivity (Wildman–Crippen MR) is 70.4 cm³/mol. The first-order chi connectivity index (χ1) is 8.47. The number of aromatic nitrogens is 2. The summed E-state index contributed by atoms with van der Waals surface area (Å²) < 4.78 is 13.8. The normalized spacial score (nSPS) is 11.2. The highest BCUT2D eigenvalue weighted by Gasteiger charge is 2.09. The van der Waals surface area contributed by atoms with Crippen molar-refractivity contribution in [3.05, 3.63) is 34.1 Å². The standard InChI is InChI=1S/C13H16FN3O/c1-7(2)6-15-12-4-9-11(5-10(12)14)16-8(3)17-13(9)18/h4-5,7,15H,6H2,1-3H3,(H,16,17,18). The Labute approximate surface area is 104 Å². The lowest BCUT2D eigenvalue weighted by molar-refractivity contribution is 0.625. The van der Waals surface area contributed by atoms with Crippen LogP contribution in [-0.2, 0) is 0 Å². The first kappa shape index (κ1) is 12.5. The van der Waals surface area contributed by atoms with Crippen LogP contribution in [0.25, 0.3) is 10.9 Å². The number of hydrogen-bond acceptors (Lipinski definition) is 3. The number of anilines is 1. The Balaban J connectivity index is 2.51. The zero-order valence-corrected chi connectivity index (χ0v) is 10.7. The van der Waals surface area contributed by atoms with Crippen LogP contribution in [0.2, 0.25) is 0 Å². The van der Waals surface area contributed by atoms with Gasteiger partial charge in [0.25, 0.3) is 5.56 Å². The van der Waals surface area contributed by atoms with E-state index in [2.05, 4.69) is 15.3 Å². The van der Waals surface area contributed by atoms with Gasteiger partial charge in [0.15, 0.2) is 0 Å². The van der Waals surface area contributed by atoms with E-state index in [4.69, 9.17) is 0 Å². The summed E-state index contributed by atoms with van der Waals surface area (Å²) in [5, 5.41) is 3.39. The molecule has 0 radical (unpaired) electrons. The number of aryl methyl sites for hydroxylation is 1. The molecule has 2 aromatic rings. The van der Waals surface area contributed by atoms with Crippen molar-refractivity contribution in [3.63, 3.8) is 0 Å². The average Bonchev–Trinajstić information content (AvgIpc) is 2.26. The van der Waals surface area contributed by atoms with E-state index in [-0.39, 0.29) is 11.4 Å². The number of rotatable bonds is 3. The maximum absolute atomic E-state index is 13.8. The van der Waals surface area contributed by atoms with Crippen LogP contribution in [-0.4, -0.2) is 16.5 Å². The quantitative estimate of drug-likeness (QED) is 0.878. The molecule has 2 N–H and O–H groups in total. The van der Waals surface area contributed by atoms with Gasteiger partial charge in [-0.15, -0.1) is 0 Å². The highest BCUT2D eigenvalue weighted by Crippen LogP contribution is 2.19. The zero-order chi connectivity index (χ0) is 13.3. The summed E-state index contributed by atoms with van der Waals surface area (Å²) in [6, 6.07) is 2.80. The lowest BCUT2D eigenvalue weighted by Crippen LogP contribution is -2.13. The van der Waals surface area contributed by atoms with Crippen molar-refractivity contribution in [1.29, 1.82) is 0 Å². The van der Waals surface area contributed by atoms with Gasteiger partial charge in [-0.05, 0) is 18.9 Å². The van der Waals surface area contributed by atoms with Crippen molar-refractivity contribution in [3.8, 4) is 0 Å². The van der Waals surface area contributed by atoms with Gasteiger partial charge in [0.1, 0.15) is 11.6 Å². The lowest BCUT2D eigenvalue weighted by Gasteiger charge is -2.10. The maximum atomic E-state index is 13.8. The summed E-state index contributed by atoms with van der Waals surface area (Å²) in [5.74, 6) is 0.491. The second-order valence-corrected chi connectivity index (χ2v) is 4.78. The highest BCUT2D eigenvalue weighted by molar-refractivity contribution is 5.81. The molecule has 0 saturated heterocycles. The van der Waals surface area contributed by atoms with Gasteiger partial charge in [0.2, 0.25) is 0 Å². The third-order valence-corrected chi connectivity index (χ3v) is 2.61. The molecule has 0 aliphatic carbocycles. The fourth-order valence-corrected chi connectivity index (χ4v) is 1.73. The number of benzene rings is 1. The largest absolute Gasteiger partial charge is 0.382 e. The predicted octanol–water partition coefficient (Wildman–Crippen LogP) is 2.44. The second kappa shape index (κ2) is 4.76. The molecule has 0 bridgehead atoms. The minimum absolute atomic E-state index is 0.245. The number of hydrogen-bond donors (Lipinski definition) is 2. The van der Waals surface area contributed by atoms with Crippen LogP contribution in [0.1, 0.15) is 19.7 Å². The summed E-state index contributed by atoms with van der Waals surface area (Å²) in [5.41, 5.74) is 0.473. The average molecular weight is 249 g/mol. The molecule has 2 rings (SSSR count). The lowest BCUT2D eigenvalue weighted by atomic mass is 10.2. The van der Waals surface area contributed by atoms with Gasteiger partial charge in [-0.1, -0.05) is 13.8 Å². The monoisotopic (exact) mass is 249 g/mol. The van der Waals surface area contributed by atoms with E-state index in [1.54, 1.807) is 6.92 Å².